The van der Waals surface area contributed by atoms with Gasteiger partial charge in [0.25, 0.3) is 5.91 Å². The summed E-state index contributed by atoms with van der Waals surface area (Å²) in [6.07, 6.45) is -1.65. The first kappa shape index (κ1) is 19.6. The number of primary amides is 1. The number of allylic oxidation sites excluding steroid dienone is 1. The molecule has 0 atom stereocenters. The van der Waals surface area contributed by atoms with Crippen molar-refractivity contribution >= 4 is 5.91 Å². The van der Waals surface area contributed by atoms with E-state index in [2.05, 4.69) is 11.3 Å². The Kier molecular flexibility index (Phi) is 5.79. The first-order valence-corrected chi connectivity index (χ1v) is 8.18. The molecule has 0 bridgehead atoms. The third-order valence-electron chi connectivity index (χ3n) is 4.03. The van der Waals surface area contributed by atoms with Crippen LogP contribution in [0.15, 0.2) is 36.9 Å². The van der Waals surface area contributed by atoms with Gasteiger partial charge in [0.15, 0.2) is 0 Å². The lowest BCUT2D eigenvalue weighted by Gasteiger charge is -2.12. The SMILES string of the molecule is C=CCn1c(C)c(C(N)=O)c(-c2cccc(OC(F)(F)F)c2)c1CCC. The largest absolute Gasteiger partial charge is 0.573 e. The first-order valence-electron chi connectivity index (χ1n) is 8.18. The number of hydrogen-bond donors (Lipinski definition) is 1. The van der Waals surface area contributed by atoms with E-state index in [1.54, 1.807) is 19.1 Å². The standard InChI is InChI=1S/C19H21F3N2O2/c1-4-7-15-17(16(18(23)25)12(3)24(15)10-5-2)13-8-6-9-14(11-13)26-19(20,21)22/h5-6,8-9,11H,2,4,7,10H2,1,3H3,(H2,23,25). The molecule has 26 heavy (non-hydrogen) atoms. The Hall–Kier alpha value is -2.70. The second-order valence-corrected chi connectivity index (χ2v) is 5.87. The molecule has 1 aromatic carbocycles. The lowest BCUT2D eigenvalue weighted by atomic mass is 9.98. The molecule has 2 rings (SSSR count). The summed E-state index contributed by atoms with van der Waals surface area (Å²) in [5, 5.41) is 0. The lowest BCUT2D eigenvalue weighted by Crippen LogP contribution is -2.17. The maximum absolute atomic E-state index is 12.5. The second kappa shape index (κ2) is 7.68. The quantitative estimate of drug-likeness (QED) is 0.728. The van der Waals surface area contributed by atoms with E-state index in [0.29, 0.717) is 35.3 Å². The fourth-order valence-electron chi connectivity index (χ4n) is 3.13. The molecular formula is C19H21F3N2O2. The van der Waals surface area contributed by atoms with Gasteiger partial charge in [0.05, 0.1) is 5.56 Å². The molecule has 0 unspecified atom stereocenters. The molecular weight excluding hydrogens is 345 g/mol. The number of carbonyl (C=O) groups excluding carboxylic acids is 1. The summed E-state index contributed by atoms with van der Waals surface area (Å²) < 4.78 is 43.5. The predicted octanol–water partition coefficient (Wildman–Crippen LogP) is 4.60. The van der Waals surface area contributed by atoms with Crippen LogP contribution in [0.2, 0.25) is 0 Å². The maximum atomic E-state index is 12.5. The van der Waals surface area contributed by atoms with Gasteiger partial charge in [-0.15, -0.1) is 19.8 Å². The van der Waals surface area contributed by atoms with Crippen LogP contribution in [-0.2, 0) is 13.0 Å². The third kappa shape index (κ3) is 4.09. The van der Waals surface area contributed by atoms with Gasteiger partial charge >= 0.3 is 6.36 Å². The molecule has 140 valence electrons. The molecule has 0 saturated carbocycles. The lowest BCUT2D eigenvalue weighted by molar-refractivity contribution is -0.274. The molecule has 1 heterocycles. The molecule has 0 aliphatic heterocycles. The zero-order valence-corrected chi connectivity index (χ0v) is 14.7. The van der Waals surface area contributed by atoms with Crippen molar-refractivity contribution in [1.29, 1.82) is 0 Å². The van der Waals surface area contributed by atoms with E-state index in [-0.39, 0.29) is 5.75 Å². The average molecular weight is 366 g/mol. The van der Waals surface area contributed by atoms with Gasteiger partial charge in [0.2, 0.25) is 0 Å². The highest BCUT2D eigenvalue weighted by atomic mass is 19.4. The van der Waals surface area contributed by atoms with Crippen molar-refractivity contribution in [2.75, 3.05) is 0 Å². The zero-order valence-electron chi connectivity index (χ0n) is 14.7. The summed E-state index contributed by atoms with van der Waals surface area (Å²) in [5.41, 5.74) is 8.38. The van der Waals surface area contributed by atoms with Crippen LogP contribution in [-0.4, -0.2) is 16.8 Å². The number of amides is 1. The van der Waals surface area contributed by atoms with Gasteiger partial charge in [-0.3, -0.25) is 4.79 Å². The van der Waals surface area contributed by atoms with E-state index < -0.39 is 12.3 Å². The van der Waals surface area contributed by atoms with Gasteiger partial charge in [-0.05, 0) is 31.0 Å². The van der Waals surface area contributed by atoms with Crippen molar-refractivity contribution in [3.8, 4) is 16.9 Å². The predicted molar refractivity (Wildman–Crippen MR) is 94.0 cm³/mol. The highest BCUT2D eigenvalue weighted by Gasteiger charge is 2.31. The Labute approximate surface area is 150 Å². The Morgan fingerprint density at radius 2 is 2.08 bits per heavy atom. The molecule has 0 aliphatic carbocycles. The van der Waals surface area contributed by atoms with Crippen LogP contribution < -0.4 is 10.5 Å². The fourth-order valence-corrected chi connectivity index (χ4v) is 3.13. The van der Waals surface area contributed by atoms with Gasteiger partial charge in [-0.1, -0.05) is 31.6 Å². The zero-order chi connectivity index (χ0) is 19.5. The third-order valence-corrected chi connectivity index (χ3v) is 4.03. The van der Waals surface area contributed by atoms with Crippen molar-refractivity contribution in [2.45, 2.75) is 39.6 Å². The maximum Gasteiger partial charge on any atom is 0.573 e. The molecule has 7 heteroatoms. The smallest absolute Gasteiger partial charge is 0.406 e. The molecule has 1 aromatic heterocycles. The summed E-state index contributed by atoms with van der Waals surface area (Å²) >= 11 is 0. The van der Waals surface area contributed by atoms with Crippen molar-refractivity contribution in [2.24, 2.45) is 5.73 Å². The molecule has 0 aliphatic rings. The number of carbonyl (C=O) groups is 1. The van der Waals surface area contributed by atoms with Crippen LogP contribution in [0.5, 0.6) is 5.75 Å². The molecule has 4 nitrogen and oxygen atoms in total. The second-order valence-electron chi connectivity index (χ2n) is 5.87. The summed E-state index contributed by atoms with van der Waals surface area (Å²) in [4.78, 5) is 12.1. The minimum Gasteiger partial charge on any atom is -0.406 e. The number of alkyl halides is 3. The van der Waals surface area contributed by atoms with Crippen LogP contribution in [0, 0.1) is 6.92 Å². The molecule has 1 amide bonds. The molecule has 0 fully saturated rings. The summed E-state index contributed by atoms with van der Waals surface area (Å²) in [6, 6.07) is 5.58. The molecule has 0 saturated heterocycles. The summed E-state index contributed by atoms with van der Waals surface area (Å²) in [6.45, 7) is 7.95. The number of ether oxygens (including phenoxy) is 1. The van der Waals surface area contributed by atoms with Gasteiger partial charge in [-0.2, -0.15) is 0 Å². The van der Waals surface area contributed by atoms with Gasteiger partial charge in [0.1, 0.15) is 5.75 Å². The van der Waals surface area contributed by atoms with E-state index in [1.807, 2.05) is 11.5 Å². The number of hydrogen-bond acceptors (Lipinski definition) is 2. The van der Waals surface area contributed by atoms with E-state index in [0.717, 1.165) is 12.1 Å². The topological polar surface area (TPSA) is 57.2 Å². The number of benzene rings is 1. The fraction of sp³-hybridized carbons (Fsp3) is 0.316. The summed E-state index contributed by atoms with van der Waals surface area (Å²) in [5.74, 6) is -0.971. The van der Waals surface area contributed by atoms with Crippen molar-refractivity contribution < 1.29 is 22.7 Å². The Morgan fingerprint density at radius 3 is 2.62 bits per heavy atom. The number of aromatic nitrogens is 1. The van der Waals surface area contributed by atoms with Crippen LogP contribution in [0.3, 0.4) is 0 Å². The van der Waals surface area contributed by atoms with Gasteiger partial charge < -0.3 is 15.0 Å². The Bertz CT molecular complexity index is 823. The van der Waals surface area contributed by atoms with E-state index in [4.69, 9.17) is 5.73 Å². The number of rotatable bonds is 7. The number of nitrogens with two attached hydrogens (primary N) is 1. The van der Waals surface area contributed by atoms with Crippen LogP contribution in [0.25, 0.3) is 11.1 Å². The first-order chi connectivity index (χ1) is 12.2. The highest BCUT2D eigenvalue weighted by Crippen LogP contribution is 2.36. The van der Waals surface area contributed by atoms with Crippen LogP contribution >= 0.6 is 0 Å². The van der Waals surface area contributed by atoms with Gasteiger partial charge in [-0.25, -0.2) is 0 Å². The van der Waals surface area contributed by atoms with E-state index in [9.17, 15) is 18.0 Å². The minimum atomic E-state index is -4.79. The number of nitrogens with zero attached hydrogens (tertiary/aromatic N) is 1. The number of halogens is 3. The normalized spacial score (nSPS) is 11.4. The highest BCUT2D eigenvalue weighted by molar-refractivity contribution is 6.02. The molecule has 0 radical (unpaired) electrons. The van der Waals surface area contributed by atoms with Crippen LogP contribution in [0.4, 0.5) is 13.2 Å². The summed E-state index contributed by atoms with van der Waals surface area (Å²) in [7, 11) is 0. The Morgan fingerprint density at radius 1 is 1.38 bits per heavy atom. The average Bonchev–Trinajstić information content (AvgIpc) is 2.80. The van der Waals surface area contributed by atoms with Crippen LogP contribution in [0.1, 0.15) is 35.1 Å². The van der Waals surface area contributed by atoms with Gasteiger partial charge in [0, 0.05) is 23.5 Å². The molecule has 2 N–H and O–H groups in total. The van der Waals surface area contributed by atoms with Crippen molar-refractivity contribution in [1.82, 2.24) is 4.57 Å². The van der Waals surface area contributed by atoms with E-state index >= 15 is 0 Å². The van der Waals surface area contributed by atoms with Crippen molar-refractivity contribution in [3.63, 3.8) is 0 Å². The molecule has 2 aromatic rings. The monoisotopic (exact) mass is 366 g/mol. The van der Waals surface area contributed by atoms with Crippen molar-refractivity contribution in [3.05, 3.63) is 53.9 Å². The Balaban J connectivity index is 2.71. The molecule has 0 spiro atoms. The minimum absolute atomic E-state index is 0.305. The van der Waals surface area contributed by atoms with E-state index in [1.165, 1.54) is 18.2 Å².